The van der Waals surface area contributed by atoms with Crippen molar-refractivity contribution in [1.29, 1.82) is 0 Å². The van der Waals surface area contributed by atoms with E-state index in [1.165, 1.54) is 30.3 Å². The lowest BCUT2D eigenvalue weighted by Crippen LogP contribution is -2.33. The monoisotopic (exact) mass is 315 g/mol. The second-order valence-electron chi connectivity index (χ2n) is 5.43. The van der Waals surface area contributed by atoms with Gasteiger partial charge in [0.15, 0.2) is 0 Å². The van der Waals surface area contributed by atoms with Gasteiger partial charge in [-0.25, -0.2) is 14.6 Å². The molecule has 0 aromatic carbocycles. The maximum Gasteiger partial charge on any atom is 0.267 e. The average molecular weight is 315 g/mol. The van der Waals surface area contributed by atoms with E-state index in [0.29, 0.717) is 17.6 Å². The molecule has 0 bridgehead atoms. The van der Waals surface area contributed by atoms with Crippen molar-refractivity contribution >= 4 is 11.7 Å². The van der Waals surface area contributed by atoms with Crippen LogP contribution in [0.25, 0.3) is 0 Å². The molecule has 1 aliphatic carbocycles. The minimum absolute atomic E-state index is 0.306. The average Bonchev–Trinajstić information content (AvgIpc) is 3.39. The predicted molar refractivity (Wildman–Crippen MR) is 82.4 cm³/mol. The summed E-state index contributed by atoms with van der Waals surface area (Å²) in [6.07, 6.45) is 3.44. The van der Waals surface area contributed by atoms with Crippen molar-refractivity contribution in [2.75, 3.05) is 12.4 Å². The van der Waals surface area contributed by atoms with Crippen LogP contribution in [0.2, 0.25) is 0 Å². The van der Waals surface area contributed by atoms with Gasteiger partial charge in [0, 0.05) is 18.1 Å². The zero-order valence-corrected chi connectivity index (χ0v) is 12.9. The molecule has 1 fully saturated rings. The molecule has 2 heterocycles. The van der Waals surface area contributed by atoms with Crippen LogP contribution in [0, 0.1) is 0 Å². The van der Waals surface area contributed by atoms with E-state index in [1.807, 2.05) is 0 Å². The van der Waals surface area contributed by atoms with E-state index in [1.54, 1.807) is 13.0 Å². The van der Waals surface area contributed by atoms with Crippen molar-refractivity contribution in [2.45, 2.75) is 31.7 Å². The van der Waals surface area contributed by atoms with Crippen LogP contribution in [0.1, 0.15) is 37.4 Å². The van der Waals surface area contributed by atoms with Gasteiger partial charge < -0.3 is 10.1 Å². The minimum atomic E-state index is -0.748. The molecule has 1 atom stereocenters. The molecule has 0 spiro atoms. The molecule has 1 saturated carbocycles. The molecule has 120 valence electrons. The zero-order chi connectivity index (χ0) is 16.4. The van der Waals surface area contributed by atoms with E-state index in [2.05, 4.69) is 20.4 Å². The topological polar surface area (TPSA) is 99.0 Å². The van der Waals surface area contributed by atoms with Gasteiger partial charge in [-0.1, -0.05) is 0 Å². The fourth-order valence-electron chi connectivity index (χ4n) is 2.18. The number of methoxy groups -OCH3 is 1. The van der Waals surface area contributed by atoms with E-state index in [4.69, 9.17) is 4.74 Å². The molecule has 1 amide bonds. The van der Waals surface area contributed by atoms with Crippen LogP contribution in [-0.2, 0) is 4.79 Å². The number of carbonyl (C=O) groups is 1. The maximum absolute atomic E-state index is 12.3. The first-order valence-corrected chi connectivity index (χ1v) is 7.35. The van der Waals surface area contributed by atoms with E-state index >= 15 is 0 Å². The predicted octanol–water partition coefficient (Wildman–Crippen LogP) is 1.12. The van der Waals surface area contributed by atoms with Crippen LogP contribution >= 0.6 is 0 Å². The quantitative estimate of drug-likeness (QED) is 0.887. The highest BCUT2D eigenvalue weighted by Gasteiger charge is 2.27. The number of nitrogens with one attached hydrogen (secondary N) is 1. The normalized spacial score (nSPS) is 15.0. The van der Waals surface area contributed by atoms with Gasteiger partial charge in [-0.05, 0) is 25.8 Å². The third-order valence-corrected chi connectivity index (χ3v) is 3.69. The summed E-state index contributed by atoms with van der Waals surface area (Å²) in [6.45, 7) is 1.62. The third kappa shape index (κ3) is 3.36. The van der Waals surface area contributed by atoms with E-state index in [-0.39, 0.29) is 11.5 Å². The SMILES string of the molecule is COc1cc(NC(=O)C(C)n2nc(C3CC3)ccc2=O)ncn1. The van der Waals surface area contributed by atoms with Gasteiger partial charge in [0.1, 0.15) is 18.2 Å². The maximum atomic E-state index is 12.3. The Hall–Kier alpha value is -2.77. The van der Waals surface area contributed by atoms with Gasteiger partial charge in [-0.15, -0.1) is 0 Å². The van der Waals surface area contributed by atoms with E-state index in [0.717, 1.165) is 18.5 Å². The first kappa shape index (κ1) is 15.1. The molecule has 0 saturated heterocycles. The molecule has 0 radical (unpaired) electrons. The molecule has 23 heavy (non-hydrogen) atoms. The van der Waals surface area contributed by atoms with Crippen LogP contribution in [0.5, 0.6) is 5.88 Å². The smallest absolute Gasteiger partial charge is 0.267 e. The summed E-state index contributed by atoms with van der Waals surface area (Å²) < 4.78 is 6.19. The van der Waals surface area contributed by atoms with Crippen LogP contribution in [0.4, 0.5) is 5.82 Å². The highest BCUT2D eigenvalue weighted by molar-refractivity contribution is 5.92. The van der Waals surface area contributed by atoms with Crippen molar-refractivity contribution in [2.24, 2.45) is 0 Å². The number of anilines is 1. The molecule has 3 rings (SSSR count). The number of ether oxygens (including phenoxy) is 1. The standard InChI is InChI=1S/C15H17N5O3/c1-9(15(22)18-12-7-13(23-2)17-8-16-12)20-14(21)6-5-11(19-20)10-3-4-10/h5-10H,3-4H2,1-2H3,(H,16,17,18,22). The Morgan fingerprint density at radius 3 is 2.87 bits per heavy atom. The summed E-state index contributed by atoms with van der Waals surface area (Å²) in [5.74, 6) is 0.672. The number of rotatable bonds is 5. The van der Waals surface area contributed by atoms with Crippen molar-refractivity contribution in [3.63, 3.8) is 0 Å². The largest absolute Gasteiger partial charge is 0.481 e. The molecule has 8 heteroatoms. The van der Waals surface area contributed by atoms with Crippen LogP contribution in [0.15, 0.2) is 29.3 Å². The van der Waals surface area contributed by atoms with E-state index in [9.17, 15) is 9.59 Å². The Labute approximate surface area is 132 Å². The molecular formula is C15H17N5O3. The molecule has 1 N–H and O–H groups in total. The molecule has 1 aliphatic rings. The summed E-state index contributed by atoms with van der Waals surface area (Å²) in [7, 11) is 1.48. The Kier molecular flexibility index (Phi) is 4.05. The summed E-state index contributed by atoms with van der Waals surface area (Å²) in [5.41, 5.74) is 0.547. The zero-order valence-electron chi connectivity index (χ0n) is 12.9. The summed E-state index contributed by atoms with van der Waals surface area (Å²) in [6, 6.07) is 3.94. The molecule has 1 unspecified atom stereocenters. The first-order chi connectivity index (χ1) is 11.1. The third-order valence-electron chi connectivity index (χ3n) is 3.69. The van der Waals surface area contributed by atoms with Gasteiger partial charge >= 0.3 is 0 Å². The Bertz CT molecular complexity index is 785. The molecular weight excluding hydrogens is 298 g/mol. The highest BCUT2D eigenvalue weighted by atomic mass is 16.5. The lowest BCUT2D eigenvalue weighted by atomic mass is 10.2. The number of hydrogen-bond acceptors (Lipinski definition) is 6. The summed E-state index contributed by atoms with van der Waals surface area (Å²) in [4.78, 5) is 32.2. The number of hydrogen-bond donors (Lipinski definition) is 1. The first-order valence-electron chi connectivity index (χ1n) is 7.35. The van der Waals surface area contributed by atoms with E-state index < -0.39 is 6.04 Å². The van der Waals surface area contributed by atoms with Crippen molar-refractivity contribution in [3.8, 4) is 5.88 Å². The van der Waals surface area contributed by atoms with Crippen molar-refractivity contribution in [3.05, 3.63) is 40.6 Å². The molecule has 8 nitrogen and oxygen atoms in total. The number of amides is 1. The van der Waals surface area contributed by atoms with Gasteiger partial charge in [-0.3, -0.25) is 9.59 Å². The van der Waals surface area contributed by atoms with Gasteiger partial charge in [0.05, 0.1) is 12.8 Å². The Morgan fingerprint density at radius 1 is 1.39 bits per heavy atom. The Balaban J connectivity index is 1.79. The fourth-order valence-corrected chi connectivity index (χ4v) is 2.18. The van der Waals surface area contributed by atoms with Crippen molar-refractivity contribution in [1.82, 2.24) is 19.7 Å². The van der Waals surface area contributed by atoms with Gasteiger partial charge in [0.25, 0.3) is 5.56 Å². The second-order valence-corrected chi connectivity index (χ2v) is 5.43. The van der Waals surface area contributed by atoms with Crippen molar-refractivity contribution < 1.29 is 9.53 Å². The van der Waals surface area contributed by atoms with Gasteiger partial charge in [-0.2, -0.15) is 5.10 Å². The van der Waals surface area contributed by atoms with Crippen LogP contribution < -0.4 is 15.6 Å². The molecule has 2 aromatic rings. The molecule has 2 aromatic heterocycles. The lowest BCUT2D eigenvalue weighted by molar-refractivity contribution is -0.119. The second kappa shape index (κ2) is 6.15. The lowest BCUT2D eigenvalue weighted by Gasteiger charge is -2.14. The molecule has 0 aliphatic heterocycles. The van der Waals surface area contributed by atoms with Gasteiger partial charge in [0.2, 0.25) is 11.8 Å². The van der Waals surface area contributed by atoms with Crippen LogP contribution in [-0.4, -0.2) is 32.8 Å². The number of nitrogens with zero attached hydrogens (tertiary/aromatic N) is 4. The van der Waals surface area contributed by atoms with Crippen LogP contribution in [0.3, 0.4) is 0 Å². The summed E-state index contributed by atoms with van der Waals surface area (Å²) >= 11 is 0. The number of carbonyl (C=O) groups excluding carboxylic acids is 1. The minimum Gasteiger partial charge on any atom is -0.481 e. The Morgan fingerprint density at radius 2 is 2.17 bits per heavy atom. The number of aromatic nitrogens is 4. The highest BCUT2D eigenvalue weighted by Crippen LogP contribution is 2.38. The fraction of sp³-hybridized carbons (Fsp3) is 0.400. The summed E-state index contributed by atoms with van der Waals surface area (Å²) in [5, 5.41) is 6.95.